The van der Waals surface area contributed by atoms with Gasteiger partial charge in [0.05, 0.1) is 17.6 Å². The Morgan fingerprint density at radius 3 is 0.840 bits per heavy atom. The smallest absolute Gasteiger partial charge is 0.198 e. The van der Waals surface area contributed by atoms with Gasteiger partial charge in [0, 0.05) is 66.5 Å². The van der Waals surface area contributed by atoms with Crippen LogP contribution in [0.3, 0.4) is 0 Å². The molecule has 4 aromatic heterocycles. The molecule has 350 valence electrons. The molecule has 13 aromatic rings. The molecule has 0 bridgehead atoms. The standard InChI is InChI=1S/C64H39N11/c1-65-53-35-34-49(40-52(53)64-73-60(45-28-16-6-17-29-45)68-61(74-64)46-30-18-7-19-31-46)75-54-36-32-47(62-69-56(41-20-8-2-9-21-41)66-57(70-62)42-22-10-3-11-23-42)38-50(54)51-39-48(33-37-55(51)75)63-71-58(43-24-12-4-13-25-43)67-59(72-63)44-26-14-5-15-27-44/h2-40H. The van der Waals surface area contributed by atoms with Gasteiger partial charge in [-0.3, -0.25) is 0 Å². The van der Waals surface area contributed by atoms with Crippen molar-refractivity contribution < 1.29 is 0 Å². The number of fused-ring (bicyclic) bond motifs is 3. The molecular formula is C64H39N11. The highest BCUT2D eigenvalue weighted by atomic mass is 15.1. The van der Waals surface area contributed by atoms with E-state index in [1.807, 2.05) is 200 Å². The van der Waals surface area contributed by atoms with Crippen LogP contribution in [0.1, 0.15) is 0 Å². The summed E-state index contributed by atoms with van der Waals surface area (Å²) in [7, 11) is 0. The Kier molecular flexibility index (Phi) is 11.3. The second-order valence-electron chi connectivity index (χ2n) is 17.7. The average molecular weight is 962 g/mol. The summed E-state index contributed by atoms with van der Waals surface area (Å²) in [5.74, 6) is 4.73. The maximum absolute atomic E-state index is 8.38. The zero-order valence-electron chi connectivity index (χ0n) is 39.9. The van der Waals surface area contributed by atoms with Crippen LogP contribution in [0.15, 0.2) is 237 Å². The lowest BCUT2D eigenvalue weighted by Crippen LogP contribution is -2.01. The summed E-state index contributed by atoms with van der Waals surface area (Å²) in [6.45, 7) is 8.38. The minimum atomic E-state index is 0.387. The number of aromatic nitrogens is 10. The lowest BCUT2D eigenvalue weighted by Gasteiger charge is -2.13. The molecule has 11 heteroatoms. The van der Waals surface area contributed by atoms with Crippen LogP contribution in [0.25, 0.3) is 135 Å². The molecule has 0 N–H and O–H groups in total. The van der Waals surface area contributed by atoms with E-state index in [-0.39, 0.29) is 0 Å². The normalized spacial score (nSPS) is 11.2. The van der Waals surface area contributed by atoms with Crippen molar-refractivity contribution in [3.05, 3.63) is 248 Å². The van der Waals surface area contributed by atoms with Crippen molar-refractivity contribution in [3.8, 4) is 108 Å². The van der Waals surface area contributed by atoms with Crippen molar-refractivity contribution in [2.75, 3.05) is 0 Å². The summed E-state index contributed by atoms with van der Waals surface area (Å²) in [5, 5.41) is 1.86. The predicted octanol–water partition coefficient (Wildman–Crippen LogP) is 14.9. The SMILES string of the molecule is [C-]#[N+]c1ccc(-n2c3ccc(-c4nc(-c5ccccc5)nc(-c5ccccc5)n4)cc3c3cc(-c4nc(-c5ccccc5)nc(-c5ccccc5)n4)ccc32)cc1-c1nc(-c2ccccc2)nc(-c2ccccc2)n1. The number of hydrogen-bond acceptors (Lipinski definition) is 9. The van der Waals surface area contributed by atoms with E-state index in [1.165, 1.54) is 0 Å². The third-order valence-electron chi connectivity index (χ3n) is 13.0. The first-order chi connectivity index (χ1) is 37.1. The molecule has 0 unspecified atom stereocenters. The Bertz CT molecular complexity index is 3920. The van der Waals surface area contributed by atoms with E-state index < -0.39 is 0 Å². The fourth-order valence-corrected chi connectivity index (χ4v) is 9.32. The number of rotatable bonds is 10. The van der Waals surface area contributed by atoms with Gasteiger partial charge in [0.15, 0.2) is 58.1 Å². The van der Waals surface area contributed by atoms with Gasteiger partial charge in [0.1, 0.15) is 0 Å². The second-order valence-corrected chi connectivity index (χ2v) is 17.7. The Morgan fingerprint density at radius 2 is 0.547 bits per heavy atom. The molecule has 0 fully saturated rings. The average Bonchev–Trinajstić information content (AvgIpc) is 3.83. The highest BCUT2D eigenvalue weighted by molar-refractivity contribution is 6.11. The molecule has 4 heterocycles. The predicted molar refractivity (Wildman–Crippen MR) is 296 cm³/mol. The van der Waals surface area contributed by atoms with E-state index in [0.717, 1.165) is 72.0 Å². The van der Waals surface area contributed by atoms with Crippen molar-refractivity contribution in [1.29, 1.82) is 0 Å². The number of nitrogens with zero attached hydrogens (tertiary/aromatic N) is 11. The fraction of sp³-hybridized carbons (Fsp3) is 0. The minimum Gasteiger partial charge on any atom is -0.309 e. The first-order valence-corrected chi connectivity index (χ1v) is 24.3. The molecular weight excluding hydrogens is 923 g/mol. The Labute approximate surface area is 431 Å². The largest absolute Gasteiger partial charge is 0.309 e. The molecule has 0 radical (unpaired) electrons. The van der Waals surface area contributed by atoms with Crippen molar-refractivity contribution in [1.82, 2.24) is 49.4 Å². The molecule has 0 spiro atoms. The number of benzene rings is 9. The maximum atomic E-state index is 8.38. The molecule has 11 nitrogen and oxygen atoms in total. The summed E-state index contributed by atoms with van der Waals surface area (Å²) in [6.07, 6.45) is 0. The van der Waals surface area contributed by atoms with Crippen LogP contribution < -0.4 is 0 Å². The molecule has 0 saturated heterocycles. The molecule has 13 rings (SSSR count). The van der Waals surface area contributed by atoms with Gasteiger partial charge in [0.2, 0.25) is 0 Å². The maximum Gasteiger partial charge on any atom is 0.198 e. The second kappa shape index (κ2) is 19.1. The molecule has 75 heavy (non-hydrogen) atoms. The molecule has 0 aliphatic rings. The van der Waals surface area contributed by atoms with Crippen molar-refractivity contribution >= 4 is 27.5 Å². The lowest BCUT2D eigenvalue weighted by molar-refractivity contribution is 1.07. The van der Waals surface area contributed by atoms with Gasteiger partial charge in [-0.1, -0.05) is 188 Å². The van der Waals surface area contributed by atoms with Crippen LogP contribution in [0.5, 0.6) is 0 Å². The van der Waals surface area contributed by atoms with E-state index in [9.17, 15) is 0 Å². The fourth-order valence-electron chi connectivity index (χ4n) is 9.32. The third kappa shape index (κ3) is 8.60. The summed E-state index contributed by atoms with van der Waals surface area (Å²) >= 11 is 0. The third-order valence-corrected chi connectivity index (χ3v) is 13.0. The summed E-state index contributed by atoms with van der Waals surface area (Å²) in [5.41, 5.74) is 10.4. The quantitative estimate of drug-likeness (QED) is 0.123. The molecule has 0 aliphatic heterocycles. The van der Waals surface area contributed by atoms with Crippen LogP contribution in [0.4, 0.5) is 5.69 Å². The van der Waals surface area contributed by atoms with Crippen molar-refractivity contribution in [2.24, 2.45) is 0 Å². The van der Waals surface area contributed by atoms with Crippen LogP contribution in [-0.2, 0) is 0 Å². The summed E-state index contributed by atoms with van der Waals surface area (Å²) < 4.78 is 2.21. The zero-order chi connectivity index (χ0) is 50.1. The van der Waals surface area contributed by atoms with Gasteiger partial charge in [-0.2, -0.15) is 0 Å². The van der Waals surface area contributed by atoms with Gasteiger partial charge in [-0.25, -0.2) is 49.7 Å². The summed E-state index contributed by atoms with van der Waals surface area (Å²) in [4.78, 5) is 49.4. The molecule has 0 atom stereocenters. The van der Waals surface area contributed by atoms with E-state index in [2.05, 4.69) is 45.8 Å². The first kappa shape index (κ1) is 44.3. The Balaban J connectivity index is 1.04. The van der Waals surface area contributed by atoms with E-state index in [1.54, 1.807) is 0 Å². The van der Waals surface area contributed by atoms with E-state index >= 15 is 0 Å². The van der Waals surface area contributed by atoms with Gasteiger partial charge in [-0.05, 0) is 48.5 Å². The summed E-state index contributed by atoms with van der Waals surface area (Å²) in [6, 6.07) is 78.0. The Hall–Kier alpha value is -10.7. The molecule has 0 amide bonds. The highest BCUT2D eigenvalue weighted by Gasteiger charge is 2.22. The van der Waals surface area contributed by atoms with Gasteiger partial charge < -0.3 is 4.57 Å². The van der Waals surface area contributed by atoms with E-state index in [0.29, 0.717) is 63.7 Å². The lowest BCUT2D eigenvalue weighted by atomic mass is 10.1. The Morgan fingerprint density at radius 1 is 0.267 bits per heavy atom. The number of hydrogen-bond donors (Lipinski definition) is 0. The molecule has 0 saturated carbocycles. The van der Waals surface area contributed by atoms with Gasteiger partial charge in [0.25, 0.3) is 0 Å². The monoisotopic (exact) mass is 961 g/mol. The van der Waals surface area contributed by atoms with Crippen molar-refractivity contribution in [2.45, 2.75) is 0 Å². The van der Waals surface area contributed by atoms with E-state index in [4.69, 9.17) is 51.4 Å². The van der Waals surface area contributed by atoms with Gasteiger partial charge in [-0.15, -0.1) is 0 Å². The van der Waals surface area contributed by atoms with Gasteiger partial charge >= 0.3 is 0 Å². The van der Waals surface area contributed by atoms with Crippen LogP contribution in [0.2, 0.25) is 0 Å². The zero-order valence-corrected chi connectivity index (χ0v) is 39.9. The van der Waals surface area contributed by atoms with Crippen LogP contribution in [0, 0.1) is 6.57 Å². The van der Waals surface area contributed by atoms with Crippen molar-refractivity contribution in [3.63, 3.8) is 0 Å². The first-order valence-electron chi connectivity index (χ1n) is 24.3. The highest BCUT2D eigenvalue weighted by Crippen LogP contribution is 2.40. The molecule has 0 aliphatic carbocycles. The minimum absolute atomic E-state index is 0.387. The van der Waals surface area contributed by atoms with Crippen LogP contribution >= 0.6 is 0 Å². The van der Waals surface area contributed by atoms with Crippen LogP contribution in [-0.4, -0.2) is 49.4 Å². The molecule has 9 aromatic carbocycles. The topological polar surface area (TPSA) is 125 Å².